The van der Waals surface area contributed by atoms with Gasteiger partial charge in [0.25, 0.3) is 0 Å². The van der Waals surface area contributed by atoms with E-state index < -0.39 is 0 Å². The molecule has 0 amide bonds. The van der Waals surface area contributed by atoms with E-state index in [1.807, 2.05) is 0 Å². The lowest BCUT2D eigenvalue weighted by atomic mass is 9.83. The van der Waals surface area contributed by atoms with Crippen molar-refractivity contribution >= 4 is 0 Å². The smallest absolute Gasteiger partial charge is 0.0104 e. The molecule has 2 nitrogen and oxygen atoms in total. The van der Waals surface area contributed by atoms with Gasteiger partial charge in [-0.25, -0.2) is 0 Å². The zero-order chi connectivity index (χ0) is 10.2. The van der Waals surface area contributed by atoms with Crippen molar-refractivity contribution in [2.75, 3.05) is 33.2 Å². The predicted octanol–water partition coefficient (Wildman–Crippen LogP) is 2.11. The minimum Gasteiger partial charge on any atom is -0.315 e. The summed E-state index contributed by atoms with van der Waals surface area (Å²) in [6.45, 7) is 7.02. The van der Waals surface area contributed by atoms with Crippen LogP contribution < -0.4 is 5.32 Å². The Morgan fingerprint density at radius 2 is 2.00 bits per heavy atom. The molecule has 1 aliphatic rings. The Bertz CT molecular complexity index is 132. The summed E-state index contributed by atoms with van der Waals surface area (Å²) in [5.41, 5.74) is 0. The van der Waals surface area contributed by atoms with Crippen LogP contribution in [0.15, 0.2) is 0 Å². The molecule has 84 valence electrons. The maximum absolute atomic E-state index is 3.44. The van der Waals surface area contributed by atoms with Gasteiger partial charge in [-0.05, 0) is 38.9 Å². The van der Waals surface area contributed by atoms with Crippen LogP contribution in [0.1, 0.15) is 39.0 Å². The Kier molecular flexibility index (Phi) is 6.20. The molecule has 0 radical (unpaired) electrons. The zero-order valence-corrected chi connectivity index (χ0v) is 9.89. The summed E-state index contributed by atoms with van der Waals surface area (Å²) in [5.74, 6) is 1.06. The second kappa shape index (κ2) is 7.24. The van der Waals surface area contributed by atoms with Crippen LogP contribution in [0, 0.1) is 5.92 Å². The number of nitrogens with one attached hydrogen (secondary N) is 1. The highest BCUT2D eigenvalue weighted by Crippen LogP contribution is 2.29. The van der Waals surface area contributed by atoms with E-state index in [4.69, 9.17) is 0 Å². The largest absolute Gasteiger partial charge is 0.315 e. The fourth-order valence-corrected chi connectivity index (χ4v) is 1.87. The Morgan fingerprint density at radius 1 is 1.21 bits per heavy atom. The van der Waals surface area contributed by atoms with E-state index in [1.54, 1.807) is 0 Å². The fraction of sp³-hybridized carbons (Fsp3) is 1.00. The third kappa shape index (κ3) is 4.97. The standard InChI is InChI=1S/C12H26N2/c1-3-8-13-9-11-14(2)10-7-12-5-4-6-12/h12-13H,3-11H2,1-2H3. The van der Waals surface area contributed by atoms with Gasteiger partial charge in [0.2, 0.25) is 0 Å². The van der Waals surface area contributed by atoms with Crippen molar-refractivity contribution in [1.82, 2.24) is 10.2 Å². The minimum atomic E-state index is 1.06. The van der Waals surface area contributed by atoms with E-state index in [0.717, 1.165) is 19.0 Å². The zero-order valence-electron chi connectivity index (χ0n) is 9.89. The molecule has 1 rings (SSSR count). The van der Waals surface area contributed by atoms with Gasteiger partial charge in [-0.3, -0.25) is 0 Å². The van der Waals surface area contributed by atoms with E-state index in [1.165, 1.54) is 45.2 Å². The van der Waals surface area contributed by atoms with Crippen LogP contribution in [-0.2, 0) is 0 Å². The van der Waals surface area contributed by atoms with Crippen molar-refractivity contribution in [3.63, 3.8) is 0 Å². The van der Waals surface area contributed by atoms with E-state index >= 15 is 0 Å². The monoisotopic (exact) mass is 198 g/mol. The van der Waals surface area contributed by atoms with Crippen LogP contribution in [0.3, 0.4) is 0 Å². The van der Waals surface area contributed by atoms with E-state index in [-0.39, 0.29) is 0 Å². The van der Waals surface area contributed by atoms with Gasteiger partial charge < -0.3 is 10.2 Å². The summed E-state index contributed by atoms with van der Waals surface area (Å²) in [4.78, 5) is 2.46. The Balaban J connectivity index is 1.84. The average Bonchev–Trinajstić information content (AvgIpc) is 2.10. The van der Waals surface area contributed by atoms with Crippen molar-refractivity contribution in [2.24, 2.45) is 5.92 Å². The second-order valence-electron chi connectivity index (χ2n) is 4.64. The molecular formula is C12H26N2. The van der Waals surface area contributed by atoms with Crippen LogP contribution in [0.25, 0.3) is 0 Å². The van der Waals surface area contributed by atoms with Crippen molar-refractivity contribution in [2.45, 2.75) is 39.0 Å². The molecule has 0 aromatic heterocycles. The van der Waals surface area contributed by atoms with Crippen LogP contribution in [0.2, 0.25) is 0 Å². The van der Waals surface area contributed by atoms with Gasteiger partial charge in [0, 0.05) is 13.1 Å². The summed E-state index contributed by atoms with van der Waals surface area (Å²) in [7, 11) is 2.24. The second-order valence-corrected chi connectivity index (χ2v) is 4.64. The molecule has 0 aromatic carbocycles. The minimum absolute atomic E-state index is 1.06. The van der Waals surface area contributed by atoms with E-state index in [9.17, 15) is 0 Å². The Hall–Kier alpha value is -0.0800. The summed E-state index contributed by atoms with van der Waals surface area (Å²) >= 11 is 0. The van der Waals surface area contributed by atoms with Gasteiger partial charge in [0.1, 0.15) is 0 Å². The van der Waals surface area contributed by atoms with Crippen molar-refractivity contribution in [3.05, 3.63) is 0 Å². The van der Waals surface area contributed by atoms with Gasteiger partial charge in [0.15, 0.2) is 0 Å². The highest BCUT2D eigenvalue weighted by molar-refractivity contribution is 4.70. The molecule has 0 unspecified atom stereocenters. The van der Waals surface area contributed by atoms with E-state index in [0.29, 0.717) is 0 Å². The summed E-state index contributed by atoms with van der Waals surface area (Å²) in [6, 6.07) is 0. The topological polar surface area (TPSA) is 15.3 Å². The molecule has 1 saturated carbocycles. The summed E-state index contributed by atoms with van der Waals surface area (Å²) in [6.07, 6.45) is 7.12. The summed E-state index contributed by atoms with van der Waals surface area (Å²) < 4.78 is 0. The van der Waals surface area contributed by atoms with Crippen LogP contribution in [0.4, 0.5) is 0 Å². The average molecular weight is 198 g/mol. The Morgan fingerprint density at radius 3 is 2.57 bits per heavy atom. The molecule has 0 heterocycles. The quantitative estimate of drug-likeness (QED) is 0.601. The molecule has 0 saturated heterocycles. The maximum Gasteiger partial charge on any atom is 0.0104 e. The lowest BCUT2D eigenvalue weighted by molar-refractivity contribution is 0.239. The maximum atomic E-state index is 3.44. The number of likely N-dealkylation sites (N-methyl/N-ethyl adjacent to an activating group) is 1. The first-order valence-corrected chi connectivity index (χ1v) is 6.22. The van der Waals surface area contributed by atoms with Gasteiger partial charge in [0.05, 0.1) is 0 Å². The van der Waals surface area contributed by atoms with E-state index in [2.05, 4.69) is 24.2 Å². The SMILES string of the molecule is CCCNCCN(C)CCC1CCC1. The van der Waals surface area contributed by atoms with Crippen molar-refractivity contribution in [1.29, 1.82) is 0 Å². The van der Waals surface area contributed by atoms with Gasteiger partial charge in [-0.15, -0.1) is 0 Å². The molecular weight excluding hydrogens is 172 g/mol. The molecule has 1 fully saturated rings. The third-order valence-electron chi connectivity index (χ3n) is 3.24. The first-order chi connectivity index (χ1) is 6.83. The number of hydrogen-bond donors (Lipinski definition) is 1. The lowest BCUT2D eigenvalue weighted by Gasteiger charge is -2.27. The van der Waals surface area contributed by atoms with Crippen LogP contribution in [0.5, 0.6) is 0 Å². The number of nitrogens with zero attached hydrogens (tertiary/aromatic N) is 1. The first kappa shape index (κ1) is 12.0. The lowest BCUT2D eigenvalue weighted by Crippen LogP contribution is -2.31. The molecule has 14 heavy (non-hydrogen) atoms. The number of hydrogen-bond acceptors (Lipinski definition) is 2. The van der Waals surface area contributed by atoms with Crippen molar-refractivity contribution in [3.8, 4) is 0 Å². The molecule has 1 aliphatic carbocycles. The fourth-order valence-electron chi connectivity index (χ4n) is 1.87. The Labute approximate surface area is 89.1 Å². The molecule has 2 heteroatoms. The van der Waals surface area contributed by atoms with Crippen LogP contribution in [-0.4, -0.2) is 38.1 Å². The first-order valence-electron chi connectivity index (χ1n) is 6.22. The molecule has 0 aromatic rings. The van der Waals surface area contributed by atoms with Gasteiger partial charge in [-0.2, -0.15) is 0 Å². The third-order valence-corrected chi connectivity index (χ3v) is 3.24. The van der Waals surface area contributed by atoms with Crippen LogP contribution >= 0.6 is 0 Å². The van der Waals surface area contributed by atoms with Gasteiger partial charge in [-0.1, -0.05) is 26.2 Å². The molecule has 0 bridgehead atoms. The summed E-state index contributed by atoms with van der Waals surface area (Å²) in [5, 5.41) is 3.44. The molecule has 0 spiro atoms. The molecule has 1 N–H and O–H groups in total. The highest BCUT2D eigenvalue weighted by Gasteiger charge is 2.17. The normalized spacial score (nSPS) is 17.4. The molecule has 0 aliphatic heterocycles. The highest BCUT2D eigenvalue weighted by atomic mass is 15.1. The van der Waals surface area contributed by atoms with Crippen molar-refractivity contribution < 1.29 is 0 Å². The predicted molar refractivity (Wildman–Crippen MR) is 62.6 cm³/mol. The number of rotatable bonds is 8. The molecule has 0 atom stereocenters. The van der Waals surface area contributed by atoms with Gasteiger partial charge >= 0.3 is 0 Å².